The van der Waals surface area contributed by atoms with Crippen molar-refractivity contribution < 1.29 is 9.47 Å². The van der Waals surface area contributed by atoms with E-state index >= 15 is 0 Å². The van der Waals surface area contributed by atoms with Crippen molar-refractivity contribution in [1.82, 2.24) is 9.38 Å². The molecule has 0 atom stereocenters. The lowest BCUT2D eigenvalue weighted by Gasteiger charge is -2.09. The fourth-order valence-corrected chi connectivity index (χ4v) is 2.46. The summed E-state index contributed by atoms with van der Waals surface area (Å²) < 4.78 is 12.6. The normalized spacial score (nSPS) is 10.8. The molecule has 3 aromatic rings. The first-order chi connectivity index (χ1) is 10.3. The van der Waals surface area contributed by atoms with Crippen molar-refractivity contribution in [2.45, 2.75) is 6.54 Å². The Balaban J connectivity index is 2.20. The van der Waals surface area contributed by atoms with E-state index in [0.29, 0.717) is 18.0 Å². The highest BCUT2D eigenvalue weighted by Gasteiger charge is 2.14. The van der Waals surface area contributed by atoms with Crippen LogP contribution in [0.3, 0.4) is 0 Å². The van der Waals surface area contributed by atoms with Gasteiger partial charge in [0.15, 0.2) is 11.5 Å². The van der Waals surface area contributed by atoms with E-state index in [9.17, 15) is 0 Å². The van der Waals surface area contributed by atoms with Crippen LogP contribution >= 0.6 is 0 Å². The molecular formula is C16H17N3O2. The molecule has 0 aliphatic carbocycles. The molecule has 21 heavy (non-hydrogen) atoms. The molecule has 0 unspecified atom stereocenters. The highest BCUT2D eigenvalue weighted by Crippen LogP contribution is 2.33. The van der Waals surface area contributed by atoms with Crippen LogP contribution in [0.4, 0.5) is 0 Å². The number of rotatable bonds is 4. The van der Waals surface area contributed by atoms with E-state index < -0.39 is 0 Å². The highest BCUT2D eigenvalue weighted by atomic mass is 16.5. The van der Waals surface area contributed by atoms with Gasteiger partial charge in [0, 0.05) is 18.3 Å². The van der Waals surface area contributed by atoms with Gasteiger partial charge in [-0.3, -0.25) is 0 Å². The summed E-state index contributed by atoms with van der Waals surface area (Å²) in [4.78, 5) is 4.67. The number of imidazole rings is 1. The number of methoxy groups -OCH3 is 2. The van der Waals surface area contributed by atoms with Crippen molar-refractivity contribution >= 4 is 5.65 Å². The topological polar surface area (TPSA) is 61.8 Å². The highest BCUT2D eigenvalue weighted by molar-refractivity contribution is 5.69. The van der Waals surface area contributed by atoms with Crippen molar-refractivity contribution in [2.75, 3.05) is 14.2 Å². The zero-order valence-corrected chi connectivity index (χ0v) is 12.0. The number of nitrogens with two attached hydrogens (primary N) is 1. The van der Waals surface area contributed by atoms with Crippen LogP contribution < -0.4 is 15.2 Å². The summed E-state index contributed by atoms with van der Waals surface area (Å²) in [5, 5.41) is 0. The minimum atomic E-state index is 0.412. The van der Waals surface area contributed by atoms with E-state index in [1.807, 2.05) is 47.0 Å². The van der Waals surface area contributed by atoms with Crippen LogP contribution in [0.1, 0.15) is 5.69 Å². The standard InChI is InChI=1S/C16H17N3O2/c1-20-13-7-6-11(9-14(13)21-2)16-12(10-17)19-8-4-3-5-15(19)18-16/h3-9H,10,17H2,1-2H3. The minimum Gasteiger partial charge on any atom is -0.493 e. The predicted molar refractivity (Wildman–Crippen MR) is 81.6 cm³/mol. The number of hydrogen-bond acceptors (Lipinski definition) is 4. The van der Waals surface area contributed by atoms with Crippen LogP contribution in [0.25, 0.3) is 16.9 Å². The smallest absolute Gasteiger partial charge is 0.161 e. The summed E-state index contributed by atoms with van der Waals surface area (Å²) >= 11 is 0. The molecule has 0 aliphatic heterocycles. The average molecular weight is 283 g/mol. The van der Waals surface area contributed by atoms with Crippen LogP contribution in [0.2, 0.25) is 0 Å². The van der Waals surface area contributed by atoms with Gasteiger partial charge in [-0.25, -0.2) is 4.98 Å². The monoisotopic (exact) mass is 283 g/mol. The van der Waals surface area contributed by atoms with Gasteiger partial charge >= 0.3 is 0 Å². The molecule has 0 aliphatic rings. The van der Waals surface area contributed by atoms with Crippen LogP contribution in [0.5, 0.6) is 11.5 Å². The lowest BCUT2D eigenvalue weighted by Crippen LogP contribution is -2.02. The van der Waals surface area contributed by atoms with Crippen molar-refractivity contribution in [3.05, 3.63) is 48.3 Å². The van der Waals surface area contributed by atoms with Crippen molar-refractivity contribution in [2.24, 2.45) is 5.73 Å². The molecule has 108 valence electrons. The Labute approximate surface area is 122 Å². The average Bonchev–Trinajstić information content (AvgIpc) is 2.92. The number of ether oxygens (including phenoxy) is 2. The molecule has 2 aromatic heterocycles. The fourth-order valence-electron chi connectivity index (χ4n) is 2.46. The Morgan fingerprint density at radius 3 is 2.62 bits per heavy atom. The summed E-state index contributed by atoms with van der Waals surface area (Å²) in [5.74, 6) is 1.37. The Morgan fingerprint density at radius 1 is 1.10 bits per heavy atom. The molecule has 2 heterocycles. The first-order valence-corrected chi connectivity index (χ1v) is 6.67. The Bertz CT molecular complexity index is 780. The summed E-state index contributed by atoms with van der Waals surface area (Å²) in [6.45, 7) is 0.412. The maximum absolute atomic E-state index is 5.91. The first-order valence-electron chi connectivity index (χ1n) is 6.67. The molecule has 3 rings (SSSR count). The van der Waals surface area contributed by atoms with E-state index in [-0.39, 0.29) is 0 Å². The Morgan fingerprint density at radius 2 is 1.90 bits per heavy atom. The second kappa shape index (κ2) is 5.46. The van der Waals surface area contributed by atoms with Crippen molar-refractivity contribution in [3.8, 4) is 22.8 Å². The maximum Gasteiger partial charge on any atom is 0.161 e. The Kier molecular flexibility index (Phi) is 3.50. The maximum atomic E-state index is 5.91. The molecule has 0 saturated heterocycles. The molecule has 1 aromatic carbocycles. The third kappa shape index (κ3) is 2.21. The SMILES string of the molecule is COc1ccc(-c2nc3ccccn3c2CN)cc1OC. The minimum absolute atomic E-state index is 0.412. The van der Waals surface area contributed by atoms with Crippen LogP contribution in [0, 0.1) is 0 Å². The van der Waals surface area contributed by atoms with E-state index in [1.165, 1.54) is 0 Å². The van der Waals surface area contributed by atoms with Gasteiger partial charge in [0.25, 0.3) is 0 Å². The van der Waals surface area contributed by atoms with E-state index in [4.69, 9.17) is 15.2 Å². The van der Waals surface area contributed by atoms with Gasteiger partial charge < -0.3 is 19.6 Å². The lowest BCUT2D eigenvalue weighted by atomic mass is 10.1. The van der Waals surface area contributed by atoms with Crippen molar-refractivity contribution in [1.29, 1.82) is 0 Å². The zero-order chi connectivity index (χ0) is 14.8. The molecule has 5 nitrogen and oxygen atoms in total. The summed E-state index contributed by atoms with van der Waals surface area (Å²) in [6, 6.07) is 11.6. The lowest BCUT2D eigenvalue weighted by molar-refractivity contribution is 0.355. The number of pyridine rings is 1. The third-order valence-electron chi connectivity index (χ3n) is 3.48. The fraction of sp³-hybridized carbons (Fsp3) is 0.188. The largest absolute Gasteiger partial charge is 0.493 e. The van der Waals surface area contributed by atoms with Gasteiger partial charge in [-0.15, -0.1) is 0 Å². The Hall–Kier alpha value is -2.53. The molecule has 2 N–H and O–H groups in total. The summed E-state index contributed by atoms with van der Waals surface area (Å²) in [5.41, 5.74) is 9.58. The molecular weight excluding hydrogens is 266 g/mol. The first kappa shape index (κ1) is 13.5. The van der Waals surface area contributed by atoms with Crippen LogP contribution in [-0.2, 0) is 6.54 Å². The molecule has 0 fully saturated rings. The zero-order valence-electron chi connectivity index (χ0n) is 12.0. The second-order valence-corrected chi connectivity index (χ2v) is 4.61. The van der Waals surface area contributed by atoms with Gasteiger partial charge in [-0.2, -0.15) is 0 Å². The van der Waals surface area contributed by atoms with E-state index in [1.54, 1.807) is 14.2 Å². The van der Waals surface area contributed by atoms with Crippen LogP contribution in [-0.4, -0.2) is 23.6 Å². The number of aromatic nitrogens is 2. The summed E-state index contributed by atoms with van der Waals surface area (Å²) in [6.07, 6.45) is 1.97. The molecule has 0 spiro atoms. The van der Waals surface area contributed by atoms with Gasteiger partial charge in [-0.05, 0) is 30.3 Å². The van der Waals surface area contributed by atoms with Gasteiger partial charge in [0.05, 0.1) is 25.6 Å². The van der Waals surface area contributed by atoms with E-state index in [2.05, 4.69) is 4.98 Å². The molecule has 0 saturated carbocycles. The molecule has 0 amide bonds. The predicted octanol–water partition coefficient (Wildman–Crippen LogP) is 2.48. The van der Waals surface area contributed by atoms with Gasteiger partial charge in [-0.1, -0.05) is 6.07 Å². The quantitative estimate of drug-likeness (QED) is 0.799. The molecule has 5 heteroatoms. The number of hydrogen-bond donors (Lipinski definition) is 1. The van der Waals surface area contributed by atoms with Gasteiger partial charge in [0.2, 0.25) is 0 Å². The summed E-state index contributed by atoms with van der Waals surface area (Å²) in [7, 11) is 3.24. The number of benzene rings is 1. The van der Waals surface area contributed by atoms with Crippen molar-refractivity contribution in [3.63, 3.8) is 0 Å². The number of nitrogens with zero attached hydrogens (tertiary/aromatic N) is 2. The van der Waals surface area contributed by atoms with E-state index in [0.717, 1.165) is 22.6 Å². The third-order valence-corrected chi connectivity index (χ3v) is 3.48. The molecule has 0 bridgehead atoms. The van der Waals surface area contributed by atoms with Crippen LogP contribution in [0.15, 0.2) is 42.6 Å². The molecule has 0 radical (unpaired) electrons. The second-order valence-electron chi connectivity index (χ2n) is 4.61. The number of fused-ring (bicyclic) bond motifs is 1. The van der Waals surface area contributed by atoms with Gasteiger partial charge in [0.1, 0.15) is 5.65 Å².